The summed E-state index contributed by atoms with van der Waals surface area (Å²) in [7, 11) is 0. The minimum atomic E-state index is -0.168. The molecule has 0 spiro atoms. The molecule has 3 aromatic rings. The highest BCUT2D eigenvalue weighted by Crippen LogP contribution is 2.23. The van der Waals surface area contributed by atoms with E-state index >= 15 is 0 Å². The van der Waals surface area contributed by atoms with Gasteiger partial charge in [-0.05, 0) is 24.6 Å². The number of nitrogens with two attached hydrogens (primary N) is 1. The third-order valence-electron chi connectivity index (χ3n) is 4.31. The van der Waals surface area contributed by atoms with Crippen LogP contribution in [0.25, 0.3) is 22.3 Å². The molecule has 1 aliphatic heterocycles. The molecule has 5 nitrogen and oxygen atoms in total. The van der Waals surface area contributed by atoms with Crippen molar-refractivity contribution in [3.8, 4) is 11.3 Å². The van der Waals surface area contributed by atoms with E-state index in [1.807, 2.05) is 48.5 Å². The standard InChI is InChI=1S/C18H18N4O/c19-13-8-9-22(11-13)14-6-7-15-16(10-14)21-18(23)17(20-15)12-4-2-1-3-5-12/h1-7,10,13H,8-9,11,19H2,(H,21,23)/t13-/m0/s1. The third-order valence-corrected chi connectivity index (χ3v) is 4.31. The van der Waals surface area contributed by atoms with Crippen LogP contribution in [-0.4, -0.2) is 29.1 Å². The minimum Gasteiger partial charge on any atom is -0.370 e. The predicted molar refractivity (Wildman–Crippen MR) is 92.6 cm³/mol. The number of hydrogen-bond donors (Lipinski definition) is 2. The van der Waals surface area contributed by atoms with Gasteiger partial charge in [-0.25, -0.2) is 4.98 Å². The first-order chi connectivity index (χ1) is 11.2. The van der Waals surface area contributed by atoms with Crippen molar-refractivity contribution >= 4 is 16.7 Å². The van der Waals surface area contributed by atoms with Gasteiger partial charge in [0.2, 0.25) is 0 Å². The Morgan fingerprint density at radius 3 is 2.74 bits per heavy atom. The van der Waals surface area contributed by atoms with Gasteiger partial charge >= 0.3 is 0 Å². The molecule has 0 radical (unpaired) electrons. The van der Waals surface area contributed by atoms with Gasteiger partial charge in [-0.1, -0.05) is 30.3 Å². The van der Waals surface area contributed by atoms with E-state index in [4.69, 9.17) is 5.73 Å². The summed E-state index contributed by atoms with van der Waals surface area (Å²) < 4.78 is 0. The molecule has 0 bridgehead atoms. The Morgan fingerprint density at radius 2 is 2.00 bits per heavy atom. The molecule has 2 aromatic carbocycles. The number of rotatable bonds is 2. The first kappa shape index (κ1) is 14.0. The van der Waals surface area contributed by atoms with Crippen LogP contribution in [0.5, 0.6) is 0 Å². The SMILES string of the molecule is N[C@H]1CCN(c2ccc3nc(-c4ccccc4)c(=O)[nH]c3c2)C1. The molecule has 5 heteroatoms. The number of aromatic amines is 1. The highest BCUT2D eigenvalue weighted by molar-refractivity contribution is 5.81. The van der Waals surface area contributed by atoms with E-state index in [1.54, 1.807) is 0 Å². The maximum Gasteiger partial charge on any atom is 0.274 e. The number of aromatic nitrogens is 2. The summed E-state index contributed by atoms with van der Waals surface area (Å²) in [5, 5.41) is 0. The van der Waals surface area contributed by atoms with Gasteiger partial charge in [0.05, 0.1) is 11.0 Å². The molecule has 3 N–H and O–H groups in total. The van der Waals surface area contributed by atoms with Gasteiger partial charge in [-0.3, -0.25) is 4.79 Å². The summed E-state index contributed by atoms with van der Waals surface area (Å²) in [5.41, 5.74) is 9.70. The van der Waals surface area contributed by atoms with Crippen LogP contribution in [0.15, 0.2) is 53.3 Å². The fraction of sp³-hybridized carbons (Fsp3) is 0.222. The molecule has 1 aliphatic rings. The second kappa shape index (κ2) is 5.52. The van der Waals surface area contributed by atoms with E-state index in [0.717, 1.165) is 41.8 Å². The van der Waals surface area contributed by atoms with Crippen LogP contribution in [0.1, 0.15) is 6.42 Å². The lowest BCUT2D eigenvalue weighted by molar-refractivity contribution is 0.752. The monoisotopic (exact) mass is 306 g/mol. The molecular formula is C18H18N4O. The molecule has 1 aromatic heterocycles. The summed E-state index contributed by atoms with van der Waals surface area (Å²) >= 11 is 0. The zero-order chi connectivity index (χ0) is 15.8. The molecule has 0 unspecified atom stereocenters. The Hall–Kier alpha value is -2.66. The maximum atomic E-state index is 12.4. The quantitative estimate of drug-likeness (QED) is 0.760. The zero-order valence-corrected chi connectivity index (χ0v) is 12.7. The Balaban J connectivity index is 1.78. The smallest absolute Gasteiger partial charge is 0.274 e. The summed E-state index contributed by atoms with van der Waals surface area (Å²) in [6.07, 6.45) is 1.000. The van der Waals surface area contributed by atoms with E-state index in [9.17, 15) is 4.79 Å². The second-order valence-electron chi connectivity index (χ2n) is 5.98. The number of hydrogen-bond acceptors (Lipinski definition) is 4. The van der Waals surface area contributed by atoms with Crippen LogP contribution in [0, 0.1) is 0 Å². The van der Waals surface area contributed by atoms with Gasteiger partial charge in [0.1, 0.15) is 5.69 Å². The van der Waals surface area contributed by atoms with Crippen LogP contribution in [0.3, 0.4) is 0 Å². The molecule has 1 saturated heterocycles. The van der Waals surface area contributed by atoms with Gasteiger partial charge in [0, 0.05) is 30.4 Å². The van der Waals surface area contributed by atoms with Crippen molar-refractivity contribution in [2.45, 2.75) is 12.5 Å². The zero-order valence-electron chi connectivity index (χ0n) is 12.7. The molecule has 1 atom stereocenters. The van der Waals surface area contributed by atoms with E-state index in [0.29, 0.717) is 5.69 Å². The van der Waals surface area contributed by atoms with Crippen LogP contribution in [0.2, 0.25) is 0 Å². The van der Waals surface area contributed by atoms with Crippen molar-refractivity contribution < 1.29 is 0 Å². The number of nitrogens with zero attached hydrogens (tertiary/aromatic N) is 2. The predicted octanol–water partition coefficient (Wildman–Crippen LogP) is 2.13. The second-order valence-corrected chi connectivity index (χ2v) is 5.98. The molecular weight excluding hydrogens is 288 g/mol. The highest BCUT2D eigenvalue weighted by Gasteiger charge is 2.19. The fourth-order valence-electron chi connectivity index (χ4n) is 3.08. The number of benzene rings is 2. The van der Waals surface area contributed by atoms with Crippen LogP contribution < -0.4 is 16.2 Å². The molecule has 0 amide bonds. The summed E-state index contributed by atoms with van der Waals surface area (Å²) in [6, 6.07) is 15.7. The highest BCUT2D eigenvalue weighted by atomic mass is 16.1. The number of nitrogens with one attached hydrogen (secondary N) is 1. The summed E-state index contributed by atoms with van der Waals surface area (Å²) in [5.74, 6) is 0. The lowest BCUT2D eigenvalue weighted by Crippen LogP contribution is -2.26. The van der Waals surface area contributed by atoms with Gasteiger partial charge in [-0.2, -0.15) is 0 Å². The van der Waals surface area contributed by atoms with E-state index in [-0.39, 0.29) is 11.6 Å². The van der Waals surface area contributed by atoms with Gasteiger partial charge in [0.25, 0.3) is 5.56 Å². The Bertz CT molecular complexity index is 904. The summed E-state index contributed by atoms with van der Waals surface area (Å²) in [4.78, 5) is 22.1. The molecule has 0 saturated carbocycles. The Kier molecular flexibility index (Phi) is 3.35. The first-order valence-electron chi connectivity index (χ1n) is 7.81. The average Bonchev–Trinajstić information content (AvgIpc) is 3.01. The molecule has 116 valence electrons. The number of H-pyrrole nitrogens is 1. The van der Waals surface area contributed by atoms with Crippen molar-refractivity contribution in [1.29, 1.82) is 0 Å². The molecule has 4 rings (SSSR count). The molecule has 2 heterocycles. The van der Waals surface area contributed by atoms with Gasteiger partial charge in [0.15, 0.2) is 0 Å². The Morgan fingerprint density at radius 1 is 1.17 bits per heavy atom. The number of fused-ring (bicyclic) bond motifs is 1. The van der Waals surface area contributed by atoms with Crippen LogP contribution >= 0.6 is 0 Å². The molecule has 23 heavy (non-hydrogen) atoms. The fourth-order valence-corrected chi connectivity index (χ4v) is 3.08. The average molecular weight is 306 g/mol. The van der Waals surface area contributed by atoms with Crippen molar-refractivity contribution in [3.63, 3.8) is 0 Å². The molecule has 0 aliphatic carbocycles. The van der Waals surface area contributed by atoms with Crippen LogP contribution in [-0.2, 0) is 0 Å². The van der Waals surface area contributed by atoms with Crippen molar-refractivity contribution in [3.05, 3.63) is 58.9 Å². The first-order valence-corrected chi connectivity index (χ1v) is 7.81. The Labute approximate surface area is 133 Å². The van der Waals surface area contributed by atoms with E-state index in [1.165, 1.54) is 0 Å². The lowest BCUT2D eigenvalue weighted by atomic mass is 10.1. The lowest BCUT2D eigenvalue weighted by Gasteiger charge is -2.18. The van der Waals surface area contributed by atoms with Crippen molar-refractivity contribution in [2.75, 3.05) is 18.0 Å². The normalized spacial score (nSPS) is 17.8. The summed E-state index contributed by atoms with van der Waals surface area (Å²) in [6.45, 7) is 1.80. The van der Waals surface area contributed by atoms with Crippen molar-refractivity contribution in [2.24, 2.45) is 5.73 Å². The van der Waals surface area contributed by atoms with Gasteiger partial charge < -0.3 is 15.6 Å². The largest absolute Gasteiger partial charge is 0.370 e. The van der Waals surface area contributed by atoms with Crippen molar-refractivity contribution in [1.82, 2.24) is 9.97 Å². The van der Waals surface area contributed by atoms with E-state index < -0.39 is 0 Å². The maximum absolute atomic E-state index is 12.4. The van der Waals surface area contributed by atoms with Gasteiger partial charge in [-0.15, -0.1) is 0 Å². The minimum absolute atomic E-state index is 0.168. The van der Waals surface area contributed by atoms with Crippen LogP contribution in [0.4, 0.5) is 5.69 Å². The topological polar surface area (TPSA) is 75.0 Å². The third kappa shape index (κ3) is 2.59. The van der Waals surface area contributed by atoms with E-state index in [2.05, 4.69) is 14.9 Å². The number of anilines is 1. The molecule has 1 fully saturated rings.